The fourth-order valence-electron chi connectivity index (χ4n) is 2.13. The van der Waals surface area contributed by atoms with E-state index in [1.807, 2.05) is 6.92 Å². The summed E-state index contributed by atoms with van der Waals surface area (Å²) in [6, 6.07) is 6.86. The van der Waals surface area contributed by atoms with Crippen LogP contribution in [-0.2, 0) is 10.0 Å². The second kappa shape index (κ2) is 4.68. The Bertz CT molecular complexity index is 716. The van der Waals surface area contributed by atoms with Crippen LogP contribution in [0.1, 0.15) is 23.2 Å². The van der Waals surface area contributed by atoms with E-state index in [0.717, 1.165) is 5.56 Å². The van der Waals surface area contributed by atoms with Gasteiger partial charge >= 0.3 is 0 Å². The largest absolute Gasteiger partial charge is 0.339 e. The predicted molar refractivity (Wildman–Crippen MR) is 71.7 cm³/mol. The van der Waals surface area contributed by atoms with Crippen molar-refractivity contribution < 1.29 is 12.9 Å². The fourth-order valence-corrected chi connectivity index (χ4v) is 3.66. The molecule has 0 amide bonds. The van der Waals surface area contributed by atoms with Gasteiger partial charge in [-0.05, 0) is 26.0 Å². The van der Waals surface area contributed by atoms with Crippen molar-refractivity contribution in [3.63, 3.8) is 0 Å². The number of sulfonamides is 1. The Morgan fingerprint density at radius 2 is 1.85 bits per heavy atom. The summed E-state index contributed by atoms with van der Waals surface area (Å²) in [6.07, 6.45) is 0. The number of aryl methyl sites for hydroxylation is 2. The van der Waals surface area contributed by atoms with Crippen LogP contribution in [0.25, 0.3) is 0 Å². The standard InChI is InChI=1S/C13H15N3O3S/c1-9-3-5-12(6-4-9)20(17,18)16-7-11(8-16)13-14-10(2)15-19-13/h3-6,11H,7-8H2,1-2H3. The third-order valence-corrected chi connectivity index (χ3v) is 5.25. The SMILES string of the molecule is Cc1ccc(S(=O)(=O)N2CC(c3nc(C)no3)C2)cc1. The average Bonchev–Trinajstić information content (AvgIpc) is 2.74. The first kappa shape index (κ1) is 13.3. The monoisotopic (exact) mass is 293 g/mol. The maximum absolute atomic E-state index is 12.4. The molecule has 0 bridgehead atoms. The molecule has 1 aromatic carbocycles. The Kier molecular flexibility index (Phi) is 3.10. The maximum atomic E-state index is 12.4. The highest BCUT2D eigenvalue weighted by molar-refractivity contribution is 7.89. The minimum absolute atomic E-state index is 0.00331. The summed E-state index contributed by atoms with van der Waals surface area (Å²) in [4.78, 5) is 4.46. The molecule has 0 spiro atoms. The van der Waals surface area contributed by atoms with Crippen molar-refractivity contribution in [3.05, 3.63) is 41.5 Å². The first-order chi connectivity index (χ1) is 9.46. The highest BCUT2D eigenvalue weighted by Gasteiger charge is 2.40. The van der Waals surface area contributed by atoms with Gasteiger partial charge in [0.15, 0.2) is 5.82 Å². The topological polar surface area (TPSA) is 76.3 Å². The number of benzene rings is 1. The van der Waals surface area contributed by atoms with Crippen LogP contribution in [0.4, 0.5) is 0 Å². The smallest absolute Gasteiger partial charge is 0.243 e. The van der Waals surface area contributed by atoms with Crippen LogP contribution in [0.3, 0.4) is 0 Å². The summed E-state index contributed by atoms with van der Waals surface area (Å²) in [5.41, 5.74) is 1.03. The Hall–Kier alpha value is -1.73. The third-order valence-electron chi connectivity index (χ3n) is 3.40. The molecule has 1 saturated heterocycles. The summed E-state index contributed by atoms with van der Waals surface area (Å²) in [5.74, 6) is 1.08. The number of aromatic nitrogens is 2. The quantitative estimate of drug-likeness (QED) is 0.856. The van der Waals surface area contributed by atoms with Gasteiger partial charge in [0.05, 0.1) is 10.8 Å². The van der Waals surface area contributed by atoms with Gasteiger partial charge in [-0.2, -0.15) is 9.29 Å². The van der Waals surface area contributed by atoms with E-state index in [2.05, 4.69) is 10.1 Å². The molecule has 0 atom stereocenters. The molecular formula is C13H15N3O3S. The van der Waals surface area contributed by atoms with E-state index in [4.69, 9.17) is 4.52 Å². The fraction of sp³-hybridized carbons (Fsp3) is 0.385. The van der Waals surface area contributed by atoms with Crippen molar-refractivity contribution >= 4 is 10.0 Å². The molecule has 0 aliphatic carbocycles. The third kappa shape index (κ3) is 2.23. The number of hydrogen-bond acceptors (Lipinski definition) is 5. The maximum Gasteiger partial charge on any atom is 0.243 e. The van der Waals surface area contributed by atoms with Crippen molar-refractivity contribution in [1.29, 1.82) is 0 Å². The summed E-state index contributed by atoms with van der Waals surface area (Å²) >= 11 is 0. The van der Waals surface area contributed by atoms with E-state index >= 15 is 0 Å². The number of rotatable bonds is 3. The van der Waals surface area contributed by atoms with Crippen molar-refractivity contribution in [3.8, 4) is 0 Å². The molecule has 1 aliphatic rings. The molecule has 20 heavy (non-hydrogen) atoms. The minimum Gasteiger partial charge on any atom is -0.339 e. The summed E-state index contributed by atoms with van der Waals surface area (Å²) in [6.45, 7) is 4.44. The van der Waals surface area contributed by atoms with E-state index in [1.54, 1.807) is 31.2 Å². The first-order valence-corrected chi connectivity index (χ1v) is 7.78. The van der Waals surface area contributed by atoms with Gasteiger partial charge in [0, 0.05) is 13.1 Å². The van der Waals surface area contributed by atoms with Crippen LogP contribution in [0.5, 0.6) is 0 Å². The molecule has 106 valence electrons. The molecule has 7 heteroatoms. The van der Waals surface area contributed by atoms with E-state index in [9.17, 15) is 8.42 Å². The Morgan fingerprint density at radius 1 is 1.20 bits per heavy atom. The molecule has 2 heterocycles. The van der Waals surface area contributed by atoms with Gasteiger partial charge in [-0.25, -0.2) is 8.42 Å². The van der Waals surface area contributed by atoms with E-state index < -0.39 is 10.0 Å². The zero-order valence-electron chi connectivity index (χ0n) is 11.3. The number of hydrogen-bond donors (Lipinski definition) is 0. The molecule has 0 N–H and O–H groups in total. The molecule has 2 aromatic rings. The molecule has 1 aliphatic heterocycles. The van der Waals surface area contributed by atoms with Gasteiger partial charge in [-0.1, -0.05) is 22.9 Å². The number of nitrogens with zero attached hydrogens (tertiary/aromatic N) is 3. The summed E-state index contributed by atoms with van der Waals surface area (Å²) < 4.78 is 31.2. The summed E-state index contributed by atoms with van der Waals surface area (Å²) in [5, 5.41) is 3.72. The Morgan fingerprint density at radius 3 is 2.40 bits per heavy atom. The van der Waals surface area contributed by atoms with Crippen LogP contribution < -0.4 is 0 Å². The normalized spacial score (nSPS) is 17.1. The van der Waals surface area contributed by atoms with E-state index in [0.29, 0.717) is 29.7 Å². The lowest BCUT2D eigenvalue weighted by molar-refractivity contribution is 0.216. The van der Waals surface area contributed by atoms with Gasteiger partial charge in [-0.15, -0.1) is 0 Å². The molecule has 6 nitrogen and oxygen atoms in total. The van der Waals surface area contributed by atoms with Crippen LogP contribution in [0.15, 0.2) is 33.7 Å². The lowest BCUT2D eigenvalue weighted by Crippen LogP contribution is -2.48. The molecule has 0 saturated carbocycles. The van der Waals surface area contributed by atoms with Crippen molar-refractivity contribution in [1.82, 2.24) is 14.4 Å². The van der Waals surface area contributed by atoms with Crippen molar-refractivity contribution in [2.45, 2.75) is 24.7 Å². The Labute approximate surface area is 117 Å². The minimum atomic E-state index is -3.41. The van der Waals surface area contributed by atoms with E-state index in [1.165, 1.54) is 4.31 Å². The molecule has 1 aromatic heterocycles. The average molecular weight is 293 g/mol. The van der Waals surface area contributed by atoms with Gasteiger partial charge in [0.2, 0.25) is 15.9 Å². The van der Waals surface area contributed by atoms with Gasteiger partial charge < -0.3 is 4.52 Å². The zero-order valence-corrected chi connectivity index (χ0v) is 12.1. The predicted octanol–water partition coefficient (Wildman–Crippen LogP) is 1.47. The lowest BCUT2D eigenvalue weighted by Gasteiger charge is -2.35. The second-order valence-electron chi connectivity index (χ2n) is 5.01. The van der Waals surface area contributed by atoms with Crippen LogP contribution in [-0.4, -0.2) is 36.0 Å². The van der Waals surface area contributed by atoms with Gasteiger partial charge in [-0.3, -0.25) is 0 Å². The zero-order chi connectivity index (χ0) is 14.3. The van der Waals surface area contributed by atoms with E-state index in [-0.39, 0.29) is 5.92 Å². The molecule has 1 fully saturated rings. The molecule has 3 rings (SSSR count). The molecular weight excluding hydrogens is 278 g/mol. The second-order valence-corrected chi connectivity index (χ2v) is 6.95. The summed E-state index contributed by atoms with van der Waals surface area (Å²) in [7, 11) is -3.41. The highest BCUT2D eigenvalue weighted by atomic mass is 32.2. The first-order valence-electron chi connectivity index (χ1n) is 6.34. The van der Waals surface area contributed by atoms with Gasteiger partial charge in [0.1, 0.15) is 0 Å². The van der Waals surface area contributed by atoms with Crippen LogP contribution in [0.2, 0.25) is 0 Å². The molecule has 0 unspecified atom stereocenters. The lowest BCUT2D eigenvalue weighted by atomic mass is 10.0. The molecule has 0 radical (unpaired) electrons. The van der Waals surface area contributed by atoms with Crippen LogP contribution >= 0.6 is 0 Å². The highest BCUT2D eigenvalue weighted by Crippen LogP contribution is 2.31. The van der Waals surface area contributed by atoms with Crippen molar-refractivity contribution in [2.75, 3.05) is 13.1 Å². The van der Waals surface area contributed by atoms with Crippen LogP contribution in [0, 0.1) is 13.8 Å². The van der Waals surface area contributed by atoms with Crippen molar-refractivity contribution in [2.24, 2.45) is 0 Å². The van der Waals surface area contributed by atoms with Gasteiger partial charge in [0.25, 0.3) is 0 Å². The Balaban J connectivity index is 1.74.